The summed E-state index contributed by atoms with van der Waals surface area (Å²) in [6.07, 6.45) is 2.75. The Kier molecular flexibility index (Phi) is 6.16. The molecule has 5 nitrogen and oxygen atoms in total. The average molecular weight is 318 g/mol. The van der Waals surface area contributed by atoms with Gasteiger partial charge in [-0.25, -0.2) is 0 Å². The van der Waals surface area contributed by atoms with Gasteiger partial charge in [-0.2, -0.15) is 0 Å². The van der Waals surface area contributed by atoms with Gasteiger partial charge in [0.15, 0.2) is 0 Å². The van der Waals surface area contributed by atoms with Crippen molar-refractivity contribution in [2.75, 3.05) is 20.7 Å². The van der Waals surface area contributed by atoms with Crippen LogP contribution in [0.15, 0.2) is 24.3 Å². The van der Waals surface area contributed by atoms with E-state index < -0.39 is 0 Å². The number of amides is 2. The standard InChI is InChI=1S/C18H26N2O3/c1-4-16-15(6-5-11-23-16)18(22)20(3)12-13-7-9-14(10-8-13)17(21)19-2/h7-10,15-16H,4-6,11-12H2,1-3H3,(H,19,21)/t15-,16-/m1/s1. The Balaban J connectivity index is 1.98. The van der Waals surface area contributed by atoms with Gasteiger partial charge in [0, 0.05) is 32.8 Å². The summed E-state index contributed by atoms with van der Waals surface area (Å²) in [7, 11) is 3.44. The first-order valence-electron chi connectivity index (χ1n) is 8.24. The molecule has 0 spiro atoms. The summed E-state index contributed by atoms with van der Waals surface area (Å²) in [6, 6.07) is 7.35. The van der Waals surface area contributed by atoms with Crippen molar-refractivity contribution in [2.45, 2.75) is 38.8 Å². The third-order valence-corrected chi connectivity index (χ3v) is 4.40. The Morgan fingerprint density at radius 2 is 2.00 bits per heavy atom. The molecule has 1 heterocycles. The number of hydrogen-bond donors (Lipinski definition) is 1. The van der Waals surface area contributed by atoms with E-state index in [4.69, 9.17) is 4.74 Å². The molecule has 5 heteroatoms. The molecule has 2 amide bonds. The summed E-state index contributed by atoms with van der Waals surface area (Å²) in [4.78, 5) is 26.0. The van der Waals surface area contributed by atoms with Gasteiger partial charge >= 0.3 is 0 Å². The molecule has 0 aromatic heterocycles. The normalized spacial score (nSPS) is 20.8. The summed E-state index contributed by atoms with van der Waals surface area (Å²) < 4.78 is 5.72. The van der Waals surface area contributed by atoms with Gasteiger partial charge in [-0.1, -0.05) is 19.1 Å². The Morgan fingerprint density at radius 3 is 2.61 bits per heavy atom. The first kappa shape index (κ1) is 17.5. The van der Waals surface area contributed by atoms with Gasteiger partial charge in [0.2, 0.25) is 5.91 Å². The minimum Gasteiger partial charge on any atom is -0.377 e. The van der Waals surface area contributed by atoms with Crippen molar-refractivity contribution < 1.29 is 14.3 Å². The quantitative estimate of drug-likeness (QED) is 0.905. The summed E-state index contributed by atoms with van der Waals surface area (Å²) in [6.45, 7) is 3.36. The van der Waals surface area contributed by atoms with Gasteiger partial charge in [0.05, 0.1) is 12.0 Å². The van der Waals surface area contributed by atoms with Crippen LogP contribution in [-0.2, 0) is 16.1 Å². The lowest BCUT2D eigenvalue weighted by Crippen LogP contribution is -2.41. The van der Waals surface area contributed by atoms with Crippen LogP contribution in [0.1, 0.15) is 42.1 Å². The second kappa shape index (κ2) is 8.11. The zero-order valence-corrected chi connectivity index (χ0v) is 14.2. The highest BCUT2D eigenvalue weighted by molar-refractivity contribution is 5.93. The average Bonchev–Trinajstić information content (AvgIpc) is 2.60. The van der Waals surface area contributed by atoms with Crippen molar-refractivity contribution in [1.29, 1.82) is 0 Å². The van der Waals surface area contributed by atoms with E-state index >= 15 is 0 Å². The summed E-state index contributed by atoms with van der Waals surface area (Å²) in [5, 5.41) is 2.60. The van der Waals surface area contributed by atoms with Crippen LogP contribution in [-0.4, -0.2) is 43.5 Å². The van der Waals surface area contributed by atoms with Crippen molar-refractivity contribution in [2.24, 2.45) is 5.92 Å². The number of ether oxygens (including phenoxy) is 1. The number of benzene rings is 1. The second-order valence-corrected chi connectivity index (χ2v) is 6.04. The van der Waals surface area contributed by atoms with E-state index in [1.807, 2.05) is 19.2 Å². The van der Waals surface area contributed by atoms with Gasteiger partial charge in [-0.3, -0.25) is 9.59 Å². The maximum absolute atomic E-state index is 12.7. The van der Waals surface area contributed by atoms with Crippen LogP contribution in [0.5, 0.6) is 0 Å². The van der Waals surface area contributed by atoms with Crippen LogP contribution in [0, 0.1) is 5.92 Å². The van der Waals surface area contributed by atoms with Crippen molar-refractivity contribution in [1.82, 2.24) is 10.2 Å². The molecule has 1 saturated heterocycles. The molecular weight excluding hydrogens is 292 g/mol. The van der Waals surface area contributed by atoms with Crippen LogP contribution in [0.4, 0.5) is 0 Å². The van der Waals surface area contributed by atoms with Crippen molar-refractivity contribution in [3.8, 4) is 0 Å². The van der Waals surface area contributed by atoms with Crippen molar-refractivity contribution in [3.05, 3.63) is 35.4 Å². The third-order valence-electron chi connectivity index (χ3n) is 4.40. The number of carbonyl (C=O) groups is 2. The Labute approximate surface area is 138 Å². The molecule has 2 atom stereocenters. The van der Waals surface area contributed by atoms with E-state index in [9.17, 15) is 9.59 Å². The summed E-state index contributed by atoms with van der Waals surface area (Å²) in [5.41, 5.74) is 1.63. The van der Waals surface area contributed by atoms with Crippen molar-refractivity contribution in [3.63, 3.8) is 0 Å². The fourth-order valence-corrected chi connectivity index (χ4v) is 3.07. The molecule has 1 aromatic rings. The van der Waals surface area contributed by atoms with Crippen LogP contribution in [0.2, 0.25) is 0 Å². The number of nitrogens with zero attached hydrogens (tertiary/aromatic N) is 1. The molecule has 0 aliphatic carbocycles. The van der Waals surface area contributed by atoms with Gasteiger partial charge in [0.1, 0.15) is 0 Å². The molecule has 1 N–H and O–H groups in total. The maximum Gasteiger partial charge on any atom is 0.251 e. The molecule has 1 aliphatic heterocycles. The van der Waals surface area contributed by atoms with Crippen LogP contribution in [0.3, 0.4) is 0 Å². The molecule has 0 unspecified atom stereocenters. The first-order chi connectivity index (χ1) is 11.1. The number of carbonyl (C=O) groups excluding carboxylic acids is 2. The largest absolute Gasteiger partial charge is 0.377 e. The zero-order valence-electron chi connectivity index (χ0n) is 14.2. The smallest absolute Gasteiger partial charge is 0.251 e. The van der Waals surface area contributed by atoms with E-state index in [0.717, 1.165) is 31.4 Å². The monoisotopic (exact) mass is 318 g/mol. The molecule has 23 heavy (non-hydrogen) atoms. The molecule has 0 bridgehead atoms. The highest BCUT2D eigenvalue weighted by Crippen LogP contribution is 2.25. The van der Waals surface area contributed by atoms with Gasteiger partial charge in [-0.15, -0.1) is 0 Å². The Morgan fingerprint density at radius 1 is 1.30 bits per heavy atom. The van der Waals surface area contributed by atoms with Crippen LogP contribution >= 0.6 is 0 Å². The maximum atomic E-state index is 12.7. The fourth-order valence-electron chi connectivity index (χ4n) is 3.07. The Bertz CT molecular complexity index is 542. The predicted octanol–water partition coefficient (Wildman–Crippen LogP) is 2.21. The molecule has 1 fully saturated rings. The SMILES string of the molecule is CC[C@H]1OCCC[C@H]1C(=O)N(C)Cc1ccc(C(=O)NC)cc1. The fraction of sp³-hybridized carbons (Fsp3) is 0.556. The minimum absolute atomic E-state index is 0.0364. The third kappa shape index (κ3) is 4.32. The molecular formula is C18H26N2O3. The highest BCUT2D eigenvalue weighted by Gasteiger charge is 2.32. The van der Waals surface area contributed by atoms with E-state index in [-0.39, 0.29) is 23.8 Å². The lowest BCUT2D eigenvalue weighted by atomic mass is 9.91. The van der Waals surface area contributed by atoms with Gasteiger partial charge < -0.3 is 15.0 Å². The molecule has 126 valence electrons. The highest BCUT2D eigenvalue weighted by atomic mass is 16.5. The zero-order chi connectivity index (χ0) is 16.8. The van der Waals surface area contributed by atoms with Crippen LogP contribution in [0.25, 0.3) is 0 Å². The molecule has 0 saturated carbocycles. The number of nitrogens with one attached hydrogen (secondary N) is 1. The Hall–Kier alpha value is -1.88. The summed E-state index contributed by atoms with van der Waals surface area (Å²) in [5.74, 6) is 0.00180. The van der Waals surface area contributed by atoms with Gasteiger partial charge in [-0.05, 0) is 37.0 Å². The topological polar surface area (TPSA) is 58.6 Å². The number of rotatable bonds is 5. The second-order valence-electron chi connectivity index (χ2n) is 6.04. The van der Waals surface area contributed by atoms with Crippen LogP contribution < -0.4 is 5.32 Å². The lowest BCUT2D eigenvalue weighted by Gasteiger charge is -2.33. The first-order valence-corrected chi connectivity index (χ1v) is 8.24. The predicted molar refractivity (Wildman–Crippen MR) is 89.1 cm³/mol. The molecule has 1 aromatic carbocycles. The molecule has 1 aliphatic rings. The van der Waals surface area contributed by atoms with Crippen molar-refractivity contribution >= 4 is 11.8 Å². The van der Waals surface area contributed by atoms with E-state index in [0.29, 0.717) is 12.1 Å². The van der Waals surface area contributed by atoms with Gasteiger partial charge in [0.25, 0.3) is 5.91 Å². The van der Waals surface area contributed by atoms with E-state index in [2.05, 4.69) is 12.2 Å². The molecule has 2 rings (SSSR count). The van der Waals surface area contributed by atoms with E-state index in [1.54, 1.807) is 24.1 Å². The number of hydrogen-bond acceptors (Lipinski definition) is 3. The lowest BCUT2D eigenvalue weighted by molar-refractivity contribution is -0.144. The summed E-state index contributed by atoms with van der Waals surface area (Å²) >= 11 is 0. The van der Waals surface area contributed by atoms with E-state index in [1.165, 1.54) is 0 Å². The molecule has 0 radical (unpaired) electrons. The minimum atomic E-state index is -0.105.